The Bertz CT molecular complexity index is 1350. The minimum Gasteiger partial charge on any atom is -0.481 e. The van der Waals surface area contributed by atoms with Gasteiger partial charge in [-0.15, -0.1) is 5.10 Å². The SMILES string of the molecule is CC(Oc1ccc2ccccc2c1)C(=O)NNC(=O)CCn1nnc2ccccc2c1=O. The van der Waals surface area contributed by atoms with Crippen LogP contribution in [0, 0.1) is 0 Å². The van der Waals surface area contributed by atoms with Crippen molar-refractivity contribution >= 4 is 33.5 Å². The van der Waals surface area contributed by atoms with E-state index in [1.807, 2.05) is 36.4 Å². The zero-order valence-corrected chi connectivity index (χ0v) is 17.3. The first-order valence-electron chi connectivity index (χ1n) is 10.1. The highest BCUT2D eigenvalue weighted by molar-refractivity contribution is 5.86. The number of amides is 2. The number of ether oxygens (including phenoxy) is 1. The van der Waals surface area contributed by atoms with E-state index < -0.39 is 17.9 Å². The number of aryl methyl sites for hydroxylation is 1. The Hall–Kier alpha value is -4.27. The normalized spacial score (nSPS) is 11.8. The average Bonchev–Trinajstić information content (AvgIpc) is 2.82. The molecule has 0 spiro atoms. The Balaban J connectivity index is 1.28. The Kier molecular flexibility index (Phi) is 6.07. The van der Waals surface area contributed by atoms with Crippen LogP contribution in [0.5, 0.6) is 5.75 Å². The number of carbonyl (C=O) groups is 2. The van der Waals surface area contributed by atoms with E-state index in [1.165, 1.54) is 0 Å². The van der Waals surface area contributed by atoms with Gasteiger partial charge in [-0.2, -0.15) is 0 Å². The Morgan fingerprint density at radius 3 is 2.59 bits per heavy atom. The highest BCUT2D eigenvalue weighted by Gasteiger charge is 2.16. The molecule has 0 aliphatic heterocycles. The lowest BCUT2D eigenvalue weighted by molar-refractivity contribution is -0.132. The van der Waals surface area contributed by atoms with Crippen molar-refractivity contribution in [2.45, 2.75) is 26.0 Å². The maximum atomic E-state index is 12.4. The highest BCUT2D eigenvalue weighted by Crippen LogP contribution is 2.21. The number of fused-ring (bicyclic) bond motifs is 2. The first kappa shape index (κ1) is 21.0. The van der Waals surface area contributed by atoms with Crippen LogP contribution in [-0.4, -0.2) is 32.9 Å². The van der Waals surface area contributed by atoms with Crippen LogP contribution < -0.4 is 21.1 Å². The summed E-state index contributed by atoms with van der Waals surface area (Å²) in [6.07, 6.45) is -0.891. The van der Waals surface area contributed by atoms with E-state index in [-0.39, 0.29) is 18.5 Å². The van der Waals surface area contributed by atoms with Crippen molar-refractivity contribution in [2.24, 2.45) is 0 Å². The second kappa shape index (κ2) is 9.25. The van der Waals surface area contributed by atoms with Crippen LogP contribution >= 0.6 is 0 Å². The molecule has 4 rings (SSSR count). The van der Waals surface area contributed by atoms with Gasteiger partial charge in [-0.1, -0.05) is 47.7 Å². The molecule has 2 amide bonds. The van der Waals surface area contributed by atoms with Crippen LogP contribution in [-0.2, 0) is 16.1 Å². The van der Waals surface area contributed by atoms with Gasteiger partial charge >= 0.3 is 0 Å². The summed E-state index contributed by atoms with van der Waals surface area (Å²) < 4.78 is 6.80. The number of hydrazine groups is 1. The topological polar surface area (TPSA) is 115 Å². The molecule has 0 aliphatic rings. The van der Waals surface area contributed by atoms with Crippen molar-refractivity contribution in [1.82, 2.24) is 25.8 Å². The zero-order valence-electron chi connectivity index (χ0n) is 17.3. The third kappa shape index (κ3) is 4.72. The van der Waals surface area contributed by atoms with E-state index in [4.69, 9.17) is 4.74 Å². The monoisotopic (exact) mass is 431 g/mol. The van der Waals surface area contributed by atoms with Gasteiger partial charge in [0.15, 0.2) is 6.10 Å². The molecule has 4 aromatic rings. The van der Waals surface area contributed by atoms with Crippen LogP contribution in [0.3, 0.4) is 0 Å². The molecule has 1 heterocycles. The first-order valence-corrected chi connectivity index (χ1v) is 10.1. The van der Waals surface area contributed by atoms with Gasteiger partial charge in [0.1, 0.15) is 11.3 Å². The number of hydrogen-bond donors (Lipinski definition) is 2. The molecule has 0 bridgehead atoms. The second-order valence-electron chi connectivity index (χ2n) is 7.19. The van der Waals surface area contributed by atoms with Gasteiger partial charge in [-0.25, -0.2) is 4.68 Å². The molecule has 0 fully saturated rings. The number of hydrogen-bond acceptors (Lipinski definition) is 6. The van der Waals surface area contributed by atoms with Crippen LogP contribution in [0.25, 0.3) is 21.7 Å². The molecule has 9 heteroatoms. The van der Waals surface area contributed by atoms with Crippen molar-refractivity contribution < 1.29 is 14.3 Å². The lowest BCUT2D eigenvalue weighted by Crippen LogP contribution is -2.47. The van der Waals surface area contributed by atoms with Crippen molar-refractivity contribution in [3.05, 3.63) is 77.1 Å². The molecular weight excluding hydrogens is 410 g/mol. The molecule has 9 nitrogen and oxygen atoms in total. The van der Waals surface area contributed by atoms with Gasteiger partial charge in [0, 0.05) is 6.42 Å². The number of nitrogens with zero attached hydrogens (tertiary/aromatic N) is 3. The van der Waals surface area contributed by atoms with Crippen LogP contribution in [0.2, 0.25) is 0 Å². The average molecular weight is 431 g/mol. The quantitative estimate of drug-likeness (QED) is 0.451. The van der Waals surface area contributed by atoms with Crippen molar-refractivity contribution in [2.75, 3.05) is 0 Å². The standard InChI is InChI=1S/C23H21N5O4/c1-15(32-18-11-10-16-6-2-3-7-17(16)14-18)22(30)26-25-21(29)12-13-28-23(31)19-8-4-5-9-20(19)24-27-28/h2-11,14-15H,12-13H2,1H3,(H,25,29)(H,26,30). The molecule has 0 saturated heterocycles. The van der Waals surface area contributed by atoms with E-state index in [9.17, 15) is 14.4 Å². The summed E-state index contributed by atoms with van der Waals surface area (Å²) in [7, 11) is 0. The first-order chi connectivity index (χ1) is 15.5. The zero-order chi connectivity index (χ0) is 22.5. The number of rotatable bonds is 6. The highest BCUT2D eigenvalue weighted by atomic mass is 16.5. The molecule has 1 atom stereocenters. The summed E-state index contributed by atoms with van der Waals surface area (Å²) in [5, 5.41) is 10.3. The van der Waals surface area contributed by atoms with E-state index in [2.05, 4.69) is 21.2 Å². The Morgan fingerprint density at radius 2 is 1.75 bits per heavy atom. The van der Waals surface area contributed by atoms with Crippen LogP contribution in [0.1, 0.15) is 13.3 Å². The van der Waals surface area contributed by atoms with Gasteiger partial charge in [0.2, 0.25) is 5.91 Å². The maximum Gasteiger partial charge on any atom is 0.279 e. The molecule has 0 aliphatic carbocycles. The van der Waals surface area contributed by atoms with Gasteiger partial charge in [-0.3, -0.25) is 25.2 Å². The molecule has 162 valence electrons. The lowest BCUT2D eigenvalue weighted by atomic mass is 10.1. The van der Waals surface area contributed by atoms with Crippen molar-refractivity contribution in [1.29, 1.82) is 0 Å². The lowest BCUT2D eigenvalue weighted by Gasteiger charge is -2.15. The van der Waals surface area contributed by atoms with Gasteiger partial charge in [-0.05, 0) is 42.0 Å². The predicted octanol–water partition coefficient (Wildman–Crippen LogP) is 1.95. The number of carbonyl (C=O) groups excluding carboxylic acids is 2. The van der Waals surface area contributed by atoms with Crippen LogP contribution in [0.4, 0.5) is 0 Å². The molecule has 2 N–H and O–H groups in total. The fourth-order valence-corrected chi connectivity index (χ4v) is 3.17. The van der Waals surface area contributed by atoms with Gasteiger partial charge < -0.3 is 4.74 Å². The molecule has 0 saturated carbocycles. The van der Waals surface area contributed by atoms with Crippen molar-refractivity contribution in [3.8, 4) is 5.75 Å². The molecule has 0 radical (unpaired) electrons. The summed E-state index contributed by atoms with van der Waals surface area (Å²) in [5.74, 6) is -0.431. The summed E-state index contributed by atoms with van der Waals surface area (Å²) in [6, 6.07) is 20.2. The molecular formula is C23H21N5O4. The third-order valence-electron chi connectivity index (χ3n) is 4.91. The minimum absolute atomic E-state index is 0.0293. The fraction of sp³-hybridized carbons (Fsp3) is 0.174. The maximum absolute atomic E-state index is 12.4. The second-order valence-corrected chi connectivity index (χ2v) is 7.19. The number of benzene rings is 3. The van der Waals surface area contributed by atoms with E-state index in [1.54, 1.807) is 37.3 Å². The summed E-state index contributed by atoms with van der Waals surface area (Å²) in [4.78, 5) is 36.7. The molecule has 32 heavy (non-hydrogen) atoms. The van der Waals surface area contributed by atoms with E-state index >= 15 is 0 Å². The summed E-state index contributed by atoms with van der Waals surface area (Å²) in [5.41, 5.74) is 4.82. The Morgan fingerprint density at radius 1 is 1.00 bits per heavy atom. The number of aromatic nitrogens is 3. The minimum atomic E-state index is -0.828. The number of nitrogens with one attached hydrogen (secondary N) is 2. The van der Waals surface area contributed by atoms with Crippen molar-refractivity contribution in [3.63, 3.8) is 0 Å². The van der Waals surface area contributed by atoms with Crippen LogP contribution in [0.15, 0.2) is 71.5 Å². The van der Waals surface area contributed by atoms with Gasteiger partial charge in [0.05, 0.1) is 11.9 Å². The smallest absolute Gasteiger partial charge is 0.279 e. The predicted molar refractivity (Wildman–Crippen MR) is 119 cm³/mol. The molecule has 1 unspecified atom stereocenters. The fourth-order valence-electron chi connectivity index (χ4n) is 3.17. The summed E-state index contributed by atoms with van der Waals surface area (Å²) in [6.45, 7) is 1.61. The summed E-state index contributed by atoms with van der Waals surface area (Å²) >= 11 is 0. The van der Waals surface area contributed by atoms with Gasteiger partial charge in [0.25, 0.3) is 11.5 Å². The Labute approximate surface area is 183 Å². The van der Waals surface area contributed by atoms with E-state index in [0.29, 0.717) is 16.7 Å². The molecule has 3 aromatic carbocycles. The van der Waals surface area contributed by atoms with E-state index in [0.717, 1.165) is 15.5 Å². The molecule has 1 aromatic heterocycles. The third-order valence-corrected chi connectivity index (χ3v) is 4.91. The largest absolute Gasteiger partial charge is 0.481 e.